The van der Waals surface area contributed by atoms with Crippen LogP contribution in [0.3, 0.4) is 0 Å². The molecule has 0 unspecified atom stereocenters. The van der Waals surface area contributed by atoms with E-state index < -0.39 is 0 Å². The van der Waals surface area contributed by atoms with E-state index in [0.29, 0.717) is 0 Å². The van der Waals surface area contributed by atoms with Gasteiger partial charge in [0.05, 0.1) is 0 Å². The number of aryl methyl sites for hydroxylation is 2. The van der Waals surface area contributed by atoms with E-state index in [1.165, 1.54) is 145 Å². The zero-order chi connectivity index (χ0) is 53.4. The fourth-order valence-electron chi connectivity index (χ4n) is 15.3. The fraction of sp³-hybridized carbons (Fsp3) is 0.179. The molecule has 16 rings (SSSR count). The van der Waals surface area contributed by atoms with Gasteiger partial charge < -0.3 is 9.80 Å². The third-order valence-corrected chi connectivity index (χ3v) is 19.4. The quantitative estimate of drug-likeness (QED) is 0.159. The smallest absolute Gasteiger partial charge is 0.0493 e. The van der Waals surface area contributed by atoms with Crippen LogP contribution in [0.15, 0.2) is 241 Å². The van der Waals surface area contributed by atoms with Gasteiger partial charge in [-0.25, -0.2) is 0 Å². The van der Waals surface area contributed by atoms with Gasteiger partial charge in [-0.3, -0.25) is 0 Å². The average molecular weight is 1030 g/mol. The van der Waals surface area contributed by atoms with Gasteiger partial charge in [-0.1, -0.05) is 179 Å². The minimum atomic E-state index is -0.160. The first-order valence-corrected chi connectivity index (χ1v) is 29.4. The topological polar surface area (TPSA) is 6.48 Å². The van der Waals surface area contributed by atoms with Crippen molar-refractivity contribution in [1.82, 2.24) is 0 Å². The van der Waals surface area contributed by atoms with Gasteiger partial charge in [0.15, 0.2) is 0 Å². The molecule has 6 aliphatic rings. The molecule has 2 heterocycles. The maximum absolute atomic E-state index is 2.60. The van der Waals surface area contributed by atoms with Gasteiger partial charge in [0.1, 0.15) is 0 Å². The number of hydrogen-bond donors (Lipinski definition) is 0. The average Bonchev–Trinajstić information content (AvgIpc) is 3.86. The van der Waals surface area contributed by atoms with E-state index in [1.807, 2.05) is 0 Å². The molecule has 0 fully saturated rings. The lowest BCUT2D eigenvalue weighted by Gasteiger charge is -2.31. The van der Waals surface area contributed by atoms with Crippen molar-refractivity contribution in [2.24, 2.45) is 0 Å². The molecule has 4 aliphatic carbocycles. The van der Waals surface area contributed by atoms with E-state index in [4.69, 9.17) is 0 Å². The standard InChI is InChI=1S/C78H64N2/c1-77(2)67-26-11-9-24-59(67)61-40-36-54(45-69(61)77)53-22-17-23-55(44-53)75-63-42-38-58(80-73-30-15-7-20-51(73)34-35-52-21-8-16-31-74(52)80)48-66(63)76(56-37-41-62-60-25-10-12-27-68(60)78(3,4)70(62)46-56)64-43-39-57(47-65(64)75)79-71-28-13-5-18-49(71)32-33-50-19-6-14-29-72(50)79/h5,7,9-18,20,22-31,36-48H,6,8,19,21,32-35H2,1-4H3. The molecule has 0 saturated carbocycles. The number of anilines is 4. The summed E-state index contributed by atoms with van der Waals surface area (Å²) in [6.45, 7) is 9.61. The molecular formula is C78H64N2. The Bertz CT molecular complexity index is 4430. The van der Waals surface area contributed by atoms with Gasteiger partial charge in [-0.05, 0) is 240 Å². The molecule has 386 valence electrons. The second kappa shape index (κ2) is 17.9. The van der Waals surface area contributed by atoms with E-state index in [0.717, 1.165) is 51.4 Å². The van der Waals surface area contributed by atoms with Gasteiger partial charge in [-0.15, -0.1) is 0 Å². The first kappa shape index (κ1) is 47.3. The van der Waals surface area contributed by atoms with Crippen molar-refractivity contribution in [3.63, 3.8) is 0 Å². The summed E-state index contributed by atoms with van der Waals surface area (Å²) in [6.07, 6.45) is 18.2. The molecule has 10 aromatic rings. The van der Waals surface area contributed by atoms with Crippen LogP contribution in [0.25, 0.3) is 77.2 Å². The van der Waals surface area contributed by atoms with Crippen molar-refractivity contribution in [2.45, 2.75) is 89.9 Å². The Kier molecular flexibility index (Phi) is 10.6. The van der Waals surface area contributed by atoms with Crippen molar-refractivity contribution < 1.29 is 0 Å². The van der Waals surface area contributed by atoms with Crippen molar-refractivity contribution in [3.05, 3.63) is 274 Å². The highest BCUT2D eigenvalue weighted by molar-refractivity contribution is 6.23. The summed E-state index contributed by atoms with van der Waals surface area (Å²) in [4.78, 5) is 5.19. The Morgan fingerprint density at radius 1 is 0.325 bits per heavy atom. The lowest BCUT2D eigenvalue weighted by Crippen LogP contribution is -2.18. The molecule has 0 radical (unpaired) electrons. The molecule has 0 N–H and O–H groups in total. The van der Waals surface area contributed by atoms with Crippen LogP contribution in [0.5, 0.6) is 0 Å². The molecule has 0 amide bonds. The highest BCUT2D eigenvalue weighted by Crippen LogP contribution is 2.55. The Morgan fingerprint density at radius 3 is 1.31 bits per heavy atom. The summed E-state index contributed by atoms with van der Waals surface area (Å²) in [6, 6.07) is 75.4. The van der Waals surface area contributed by atoms with E-state index in [2.05, 4.69) is 256 Å². The van der Waals surface area contributed by atoms with Crippen LogP contribution in [-0.4, -0.2) is 0 Å². The number of para-hydroxylation sites is 2. The van der Waals surface area contributed by atoms with Crippen molar-refractivity contribution in [2.75, 3.05) is 9.80 Å². The number of benzene rings is 10. The van der Waals surface area contributed by atoms with Crippen molar-refractivity contribution >= 4 is 44.3 Å². The van der Waals surface area contributed by atoms with Gasteiger partial charge in [0.2, 0.25) is 0 Å². The monoisotopic (exact) mass is 1030 g/mol. The van der Waals surface area contributed by atoms with E-state index in [-0.39, 0.29) is 10.8 Å². The minimum Gasteiger partial charge on any atom is -0.310 e. The molecule has 0 atom stereocenters. The van der Waals surface area contributed by atoms with Crippen molar-refractivity contribution in [1.29, 1.82) is 0 Å². The number of hydrogen-bond acceptors (Lipinski definition) is 2. The molecule has 2 heteroatoms. The highest BCUT2D eigenvalue weighted by atomic mass is 15.2. The molecule has 2 nitrogen and oxygen atoms in total. The Hall–Kier alpha value is -8.72. The molecule has 0 spiro atoms. The second-order valence-electron chi connectivity index (χ2n) is 24.4. The Morgan fingerprint density at radius 2 is 0.762 bits per heavy atom. The lowest BCUT2D eigenvalue weighted by molar-refractivity contribution is 0.660. The van der Waals surface area contributed by atoms with Gasteiger partial charge in [0, 0.05) is 45.0 Å². The molecule has 0 aromatic heterocycles. The predicted octanol–water partition coefficient (Wildman–Crippen LogP) is 21.0. The summed E-state index contributed by atoms with van der Waals surface area (Å²) in [5.74, 6) is 0. The molecule has 0 bridgehead atoms. The molecule has 2 aliphatic heterocycles. The fourth-order valence-corrected chi connectivity index (χ4v) is 15.3. The largest absolute Gasteiger partial charge is 0.310 e. The maximum Gasteiger partial charge on any atom is 0.0493 e. The summed E-state index contributed by atoms with van der Waals surface area (Å²) < 4.78 is 0. The maximum atomic E-state index is 2.60. The van der Waals surface area contributed by atoms with Crippen LogP contribution >= 0.6 is 0 Å². The lowest BCUT2D eigenvalue weighted by atomic mass is 9.80. The summed E-state index contributed by atoms with van der Waals surface area (Å²) >= 11 is 0. The van der Waals surface area contributed by atoms with Crippen LogP contribution in [0, 0.1) is 0 Å². The second-order valence-corrected chi connectivity index (χ2v) is 24.4. The zero-order valence-electron chi connectivity index (χ0n) is 46.3. The first-order chi connectivity index (χ1) is 39.2. The third-order valence-electron chi connectivity index (χ3n) is 19.4. The molecule has 80 heavy (non-hydrogen) atoms. The zero-order valence-corrected chi connectivity index (χ0v) is 46.3. The number of nitrogens with zero attached hydrogens (tertiary/aromatic N) is 2. The first-order valence-electron chi connectivity index (χ1n) is 29.4. The van der Waals surface area contributed by atoms with Gasteiger partial charge >= 0.3 is 0 Å². The van der Waals surface area contributed by atoms with Crippen LogP contribution < -0.4 is 9.80 Å². The molecule has 10 aromatic carbocycles. The Balaban J connectivity index is 0.993. The van der Waals surface area contributed by atoms with E-state index >= 15 is 0 Å². The SMILES string of the molecule is CC1(C)c2ccccc2-c2ccc(-c3cccc(-c4c5ccc(N6C7=C(CCC=C7)CCc7ccccc76)cc5c(-c5ccc6c(c5)C(C)(C)c5ccccc5-6)c5ccc(N6C7=C(CCC=C7)CCc7ccccc76)cc45)c3)cc21. The van der Waals surface area contributed by atoms with Crippen LogP contribution in [0.4, 0.5) is 22.7 Å². The number of fused-ring (bicyclic) bond motifs is 10. The summed E-state index contributed by atoms with van der Waals surface area (Å²) in [5.41, 5.74) is 31.7. The number of rotatable bonds is 5. The summed E-state index contributed by atoms with van der Waals surface area (Å²) in [5, 5.41) is 5.03. The molecular weight excluding hydrogens is 965 g/mol. The van der Waals surface area contributed by atoms with E-state index in [1.54, 1.807) is 11.1 Å². The van der Waals surface area contributed by atoms with Crippen LogP contribution in [0.1, 0.15) is 99.6 Å². The predicted molar refractivity (Wildman–Crippen MR) is 337 cm³/mol. The molecule has 0 saturated heterocycles. The third kappa shape index (κ3) is 7.10. The van der Waals surface area contributed by atoms with Crippen molar-refractivity contribution in [3.8, 4) is 55.6 Å². The highest BCUT2D eigenvalue weighted by Gasteiger charge is 2.37. The Labute approximate surface area is 471 Å². The summed E-state index contributed by atoms with van der Waals surface area (Å²) in [7, 11) is 0. The minimum absolute atomic E-state index is 0.0989. The van der Waals surface area contributed by atoms with Crippen LogP contribution in [0.2, 0.25) is 0 Å². The van der Waals surface area contributed by atoms with E-state index in [9.17, 15) is 0 Å². The normalized spacial score (nSPS) is 17.1. The van der Waals surface area contributed by atoms with Gasteiger partial charge in [0.25, 0.3) is 0 Å². The van der Waals surface area contributed by atoms with Gasteiger partial charge in [-0.2, -0.15) is 0 Å². The number of allylic oxidation sites excluding steroid dienone is 6. The van der Waals surface area contributed by atoms with Crippen LogP contribution in [-0.2, 0) is 23.7 Å².